The molecule has 0 spiro atoms. The zero-order chi connectivity index (χ0) is 19.3. The molecule has 2 heterocycles. The predicted octanol–water partition coefficient (Wildman–Crippen LogP) is 2.51. The van der Waals surface area contributed by atoms with Crippen LogP contribution in [0.3, 0.4) is 0 Å². The Hall–Kier alpha value is -2.59. The maximum absolute atomic E-state index is 13.3. The zero-order valence-electron chi connectivity index (χ0n) is 13.9. The monoisotopic (exact) mass is 407 g/mol. The Morgan fingerprint density at radius 2 is 1.41 bits per heavy atom. The number of benzene rings is 2. The highest BCUT2D eigenvalue weighted by Gasteiger charge is 2.52. The van der Waals surface area contributed by atoms with E-state index in [-0.39, 0.29) is 17.2 Å². The Balaban J connectivity index is 1.76. The van der Waals surface area contributed by atoms with E-state index in [1.807, 2.05) is 0 Å². The number of fused-ring (bicyclic) bond motifs is 1. The van der Waals surface area contributed by atoms with Crippen molar-refractivity contribution in [2.45, 2.75) is 12.1 Å². The molecule has 140 valence electrons. The average Bonchev–Trinajstić information content (AvgIpc) is 3.05. The minimum atomic E-state index is -3.27. The maximum Gasteiger partial charge on any atom is 0.269 e. The minimum absolute atomic E-state index is 0.0569. The van der Waals surface area contributed by atoms with Crippen LogP contribution in [0, 0.1) is 15.9 Å². The average molecular weight is 407 g/mol. The molecule has 2 aliphatic rings. The first-order valence-corrected chi connectivity index (χ1v) is 10.3. The molecule has 2 fully saturated rings. The maximum atomic E-state index is 13.3. The molecule has 4 rings (SSSR count). The fourth-order valence-electron chi connectivity index (χ4n) is 3.64. The first-order chi connectivity index (χ1) is 12.8. The van der Waals surface area contributed by atoms with E-state index in [9.17, 15) is 22.9 Å². The van der Waals surface area contributed by atoms with Gasteiger partial charge in [-0.3, -0.25) is 10.1 Å². The third kappa shape index (κ3) is 3.04. The first-order valence-electron chi connectivity index (χ1n) is 8.10. The molecule has 0 unspecified atom stereocenters. The third-order valence-electron chi connectivity index (χ3n) is 4.81. The van der Waals surface area contributed by atoms with Gasteiger partial charge in [0.2, 0.25) is 0 Å². The van der Waals surface area contributed by atoms with Crippen molar-refractivity contribution in [3.8, 4) is 0 Å². The Labute approximate surface area is 160 Å². The smallest absolute Gasteiger partial charge is 0.269 e. The minimum Gasteiger partial charge on any atom is -0.312 e. The molecule has 0 saturated carbocycles. The van der Waals surface area contributed by atoms with Crippen molar-refractivity contribution in [2.24, 2.45) is 0 Å². The Morgan fingerprint density at radius 1 is 0.963 bits per heavy atom. The highest BCUT2D eigenvalue weighted by atomic mass is 32.2. The molecule has 0 bridgehead atoms. The number of nitro groups is 1. The summed E-state index contributed by atoms with van der Waals surface area (Å²) in [7, 11) is -3.27. The number of hydrogen-bond donors (Lipinski definition) is 0. The molecule has 0 aliphatic carbocycles. The van der Waals surface area contributed by atoms with E-state index < -0.39 is 32.7 Å². The van der Waals surface area contributed by atoms with Crippen LogP contribution in [0.2, 0.25) is 0 Å². The lowest BCUT2D eigenvalue weighted by Gasteiger charge is -2.25. The second-order valence-corrected chi connectivity index (χ2v) is 9.00. The van der Waals surface area contributed by atoms with Gasteiger partial charge >= 0.3 is 0 Å². The molecule has 2 aromatic carbocycles. The van der Waals surface area contributed by atoms with Crippen LogP contribution in [-0.4, -0.2) is 42.0 Å². The molecule has 0 N–H and O–H groups in total. The van der Waals surface area contributed by atoms with Crippen LogP contribution in [-0.2, 0) is 9.84 Å². The number of hydrogen-bond acceptors (Lipinski definition) is 5. The summed E-state index contributed by atoms with van der Waals surface area (Å²) in [6.45, 7) is 0. The van der Waals surface area contributed by atoms with Gasteiger partial charge in [0.25, 0.3) is 5.69 Å². The number of anilines is 2. The molecule has 0 aromatic heterocycles. The van der Waals surface area contributed by atoms with Crippen LogP contribution in [0.5, 0.6) is 0 Å². The van der Waals surface area contributed by atoms with Crippen LogP contribution < -0.4 is 9.80 Å². The summed E-state index contributed by atoms with van der Waals surface area (Å²) >= 11 is 5.60. The van der Waals surface area contributed by atoms with Gasteiger partial charge in [-0.15, -0.1) is 0 Å². The van der Waals surface area contributed by atoms with Crippen molar-refractivity contribution in [3.63, 3.8) is 0 Å². The molecule has 0 amide bonds. The van der Waals surface area contributed by atoms with Crippen LogP contribution in [0.25, 0.3) is 0 Å². The van der Waals surface area contributed by atoms with Crippen LogP contribution in [0.4, 0.5) is 21.5 Å². The first kappa shape index (κ1) is 17.8. The second kappa shape index (κ2) is 6.24. The molecule has 2 aromatic rings. The van der Waals surface area contributed by atoms with Crippen molar-refractivity contribution in [1.82, 2.24) is 0 Å². The number of rotatable bonds is 3. The van der Waals surface area contributed by atoms with Gasteiger partial charge in [-0.05, 0) is 48.6 Å². The lowest BCUT2D eigenvalue weighted by molar-refractivity contribution is -0.384. The summed E-state index contributed by atoms with van der Waals surface area (Å²) < 4.78 is 37.8. The topological polar surface area (TPSA) is 83.8 Å². The number of non-ortho nitro benzene ring substituents is 1. The van der Waals surface area contributed by atoms with Gasteiger partial charge in [0.15, 0.2) is 14.9 Å². The molecule has 7 nitrogen and oxygen atoms in total. The lowest BCUT2D eigenvalue weighted by Crippen LogP contribution is -2.37. The van der Waals surface area contributed by atoms with E-state index in [4.69, 9.17) is 12.2 Å². The number of thiocarbonyl (C=S) groups is 1. The van der Waals surface area contributed by atoms with Gasteiger partial charge in [-0.25, -0.2) is 12.8 Å². The third-order valence-corrected chi connectivity index (χ3v) is 6.90. The van der Waals surface area contributed by atoms with Gasteiger partial charge in [-0.2, -0.15) is 0 Å². The van der Waals surface area contributed by atoms with Gasteiger partial charge in [0.05, 0.1) is 28.5 Å². The zero-order valence-corrected chi connectivity index (χ0v) is 15.5. The SMILES string of the molecule is O=[N+]([O-])c1ccc(N2C(=S)N(c3ccc(F)cc3)[C@@H]3CS(=O)(=O)C[C@H]32)cc1. The standard InChI is InChI=1S/C17H14FN3O4S2/c18-11-1-3-12(4-2-11)19-15-9-27(24,25)10-16(15)20(17(19)26)13-5-7-14(8-6-13)21(22)23/h1-8,15-16H,9-10H2/t15-,16-/m1/s1. The second-order valence-electron chi connectivity index (χ2n) is 6.48. The van der Waals surface area contributed by atoms with E-state index in [2.05, 4.69) is 0 Å². The molecule has 2 aliphatic heterocycles. The molecular weight excluding hydrogens is 393 g/mol. The molecule has 2 saturated heterocycles. The van der Waals surface area contributed by atoms with Crippen molar-refractivity contribution in [3.05, 3.63) is 64.5 Å². The highest BCUT2D eigenvalue weighted by Crippen LogP contribution is 2.38. The normalized spacial score (nSPS) is 23.5. The summed E-state index contributed by atoms with van der Waals surface area (Å²) in [5.41, 5.74) is 1.13. The van der Waals surface area contributed by atoms with Gasteiger partial charge < -0.3 is 9.80 Å². The quantitative estimate of drug-likeness (QED) is 0.439. The summed E-state index contributed by atoms with van der Waals surface area (Å²) in [5.74, 6) is -0.516. The van der Waals surface area contributed by atoms with Gasteiger partial charge in [0.1, 0.15) is 5.82 Å². The van der Waals surface area contributed by atoms with Crippen LogP contribution in [0.1, 0.15) is 0 Å². The summed E-state index contributed by atoms with van der Waals surface area (Å²) in [5, 5.41) is 11.3. The van der Waals surface area contributed by atoms with E-state index in [1.165, 1.54) is 24.3 Å². The number of sulfone groups is 1. The summed E-state index contributed by atoms with van der Waals surface area (Å²) in [6, 6.07) is 10.7. The number of nitro benzene ring substituents is 1. The molecule has 10 heteroatoms. The van der Waals surface area contributed by atoms with E-state index in [1.54, 1.807) is 34.1 Å². The Bertz CT molecular complexity index is 1030. The van der Waals surface area contributed by atoms with E-state index in [0.717, 1.165) is 0 Å². The molecule has 27 heavy (non-hydrogen) atoms. The fourth-order valence-corrected chi connectivity index (χ4v) is 6.04. The van der Waals surface area contributed by atoms with Crippen LogP contribution >= 0.6 is 12.2 Å². The Morgan fingerprint density at radius 3 is 1.85 bits per heavy atom. The molecule has 0 radical (unpaired) electrons. The molecular formula is C17H14FN3O4S2. The highest BCUT2D eigenvalue weighted by molar-refractivity contribution is 7.91. The summed E-state index contributed by atoms with van der Waals surface area (Å²) in [6.07, 6.45) is 0. The summed E-state index contributed by atoms with van der Waals surface area (Å²) in [4.78, 5) is 13.8. The van der Waals surface area contributed by atoms with Crippen LogP contribution in [0.15, 0.2) is 48.5 Å². The number of nitrogens with zero attached hydrogens (tertiary/aromatic N) is 3. The molecule has 2 atom stereocenters. The largest absolute Gasteiger partial charge is 0.312 e. The van der Waals surface area contributed by atoms with Crippen molar-refractivity contribution in [1.29, 1.82) is 0 Å². The van der Waals surface area contributed by atoms with Crippen molar-refractivity contribution < 1.29 is 17.7 Å². The Kier molecular flexibility index (Phi) is 4.11. The predicted molar refractivity (Wildman–Crippen MR) is 103 cm³/mol. The van der Waals surface area contributed by atoms with Crippen molar-refractivity contribution in [2.75, 3.05) is 21.3 Å². The van der Waals surface area contributed by atoms with E-state index >= 15 is 0 Å². The van der Waals surface area contributed by atoms with Gasteiger partial charge in [0, 0.05) is 23.5 Å². The fraction of sp³-hybridized carbons (Fsp3) is 0.235. The number of halogens is 1. The van der Waals surface area contributed by atoms with Crippen molar-refractivity contribution >= 4 is 44.2 Å². The van der Waals surface area contributed by atoms with Gasteiger partial charge in [-0.1, -0.05) is 0 Å². The lowest BCUT2D eigenvalue weighted by atomic mass is 10.1. The van der Waals surface area contributed by atoms with E-state index in [0.29, 0.717) is 16.5 Å².